The molecule has 1 N–H and O–H groups in total. The lowest BCUT2D eigenvalue weighted by Crippen LogP contribution is -2.19. The molecule has 1 aromatic heterocycles. The highest BCUT2D eigenvalue weighted by atomic mass is 16.4. The number of nitrogens with zero attached hydrogens (tertiary/aromatic N) is 3. The molecule has 2 heterocycles. The molecule has 0 saturated carbocycles. The normalized spacial score (nSPS) is 19.9. The topological polar surface area (TPSA) is 68.0 Å². The fraction of sp³-hybridized carbons (Fsp3) is 0.700. The first kappa shape index (κ1) is 10.1. The predicted octanol–water partition coefficient (Wildman–Crippen LogP) is 1.19. The van der Waals surface area contributed by atoms with Crippen molar-refractivity contribution >= 4 is 5.97 Å². The third-order valence-electron chi connectivity index (χ3n) is 2.77. The van der Waals surface area contributed by atoms with Crippen LogP contribution in [0.5, 0.6) is 0 Å². The Hall–Kier alpha value is -1.39. The lowest BCUT2D eigenvalue weighted by Gasteiger charge is -2.20. The van der Waals surface area contributed by atoms with Crippen molar-refractivity contribution in [3.8, 4) is 0 Å². The summed E-state index contributed by atoms with van der Waals surface area (Å²) in [5.41, 5.74) is 0. The van der Waals surface area contributed by atoms with Gasteiger partial charge in [0, 0.05) is 18.9 Å². The summed E-state index contributed by atoms with van der Waals surface area (Å²) >= 11 is 0. The van der Waals surface area contributed by atoms with E-state index in [1.165, 1.54) is 0 Å². The van der Waals surface area contributed by atoms with Crippen LogP contribution in [-0.2, 0) is 17.8 Å². The predicted molar refractivity (Wildman–Crippen MR) is 53.6 cm³/mol. The molecule has 0 fully saturated rings. The van der Waals surface area contributed by atoms with Crippen LogP contribution in [-0.4, -0.2) is 25.8 Å². The van der Waals surface area contributed by atoms with Crippen LogP contribution in [0.25, 0.3) is 0 Å². The van der Waals surface area contributed by atoms with Gasteiger partial charge in [-0.25, -0.2) is 9.67 Å². The van der Waals surface area contributed by atoms with Gasteiger partial charge in [0.1, 0.15) is 5.82 Å². The molecule has 0 spiro atoms. The van der Waals surface area contributed by atoms with Gasteiger partial charge in [-0.2, -0.15) is 5.10 Å². The van der Waals surface area contributed by atoms with Gasteiger partial charge in [0.25, 0.3) is 0 Å². The first-order chi connectivity index (χ1) is 7.20. The van der Waals surface area contributed by atoms with Crippen LogP contribution in [0.15, 0.2) is 0 Å². The highest BCUT2D eigenvalue weighted by molar-refractivity contribution is 5.67. The van der Waals surface area contributed by atoms with E-state index >= 15 is 0 Å². The van der Waals surface area contributed by atoms with Gasteiger partial charge in [0.15, 0.2) is 5.82 Å². The second-order valence-electron chi connectivity index (χ2n) is 3.90. The first-order valence-electron chi connectivity index (χ1n) is 5.36. The van der Waals surface area contributed by atoms with Gasteiger partial charge >= 0.3 is 5.97 Å². The van der Waals surface area contributed by atoms with Crippen molar-refractivity contribution in [2.45, 2.75) is 45.1 Å². The van der Waals surface area contributed by atoms with Crippen LogP contribution in [0.4, 0.5) is 0 Å². The zero-order valence-corrected chi connectivity index (χ0v) is 8.81. The van der Waals surface area contributed by atoms with E-state index in [4.69, 9.17) is 5.11 Å². The third-order valence-corrected chi connectivity index (χ3v) is 2.77. The SMILES string of the molecule is CCc1nc2n(n1)CCCC2CC(=O)O. The Morgan fingerprint density at radius 3 is 3.13 bits per heavy atom. The Morgan fingerprint density at radius 2 is 2.47 bits per heavy atom. The number of aromatic nitrogens is 3. The van der Waals surface area contributed by atoms with Crippen molar-refractivity contribution < 1.29 is 9.90 Å². The molecular formula is C10H15N3O2. The van der Waals surface area contributed by atoms with Gasteiger partial charge in [-0.3, -0.25) is 4.79 Å². The Balaban J connectivity index is 2.24. The van der Waals surface area contributed by atoms with Crippen molar-refractivity contribution in [3.05, 3.63) is 11.6 Å². The molecule has 82 valence electrons. The van der Waals surface area contributed by atoms with Crippen molar-refractivity contribution in [1.82, 2.24) is 14.8 Å². The van der Waals surface area contributed by atoms with Gasteiger partial charge in [0.05, 0.1) is 6.42 Å². The Morgan fingerprint density at radius 1 is 1.67 bits per heavy atom. The monoisotopic (exact) mass is 209 g/mol. The van der Waals surface area contributed by atoms with Crippen LogP contribution in [0.1, 0.15) is 43.8 Å². The van der Waals surface area contributed by atoms with Crippen LogP contribution in [0.3, 0.4) is 0 Å². The largest absolute Gasteiger partial charge is 0.481 e. The van der Waals surface area contributed by atoms with E-state index in [1.54, 1.807) is 0 Å². The third kappa shape index (κ3) is 2.00. The smallest absolute Gasteiger partial charge is 0.304 e. The maximum Gasteiger partial charge on any atom is 0.304 e. The van der Waals surface area contributed by atoms with Crippen LogP contribution >= 0.6 is 0 Å². The molecule has 1 aliphatic heterocycles. The van der Waals surface area contributed by atoms with Crippen molar-refractivity contribution in [2.75, 3.05) is 0 Å². The molecule has 2 rings (SSSR count). The number of aryl methyl sites for hydroxylation is 2. The van der Waals surface area contributed by atoms with Crippen molar-refractivity contribution in [2.24, 2.45) is 0 Å². The first-order valence-corrected chi connectivity index (χ1v) is 5.36. The Bertz CT molecular complexity index is 373. The summed E-state index contributed by atoms with van der Waals surface area (Å²) in [4.78, 5) is 15.1. The molecule has 5 heteroatoms. The lowest BCUT2D eigenvalue weighted by molar-refractivity contribution is -0.137. The summed E-state index contributed by atoms with van der Waals surface area (Å²) in [7, 11) is 0. The Labute approximate surface area is 88.1 Å². The van der Waals surface area contributed by atoms with Crippen molar-refractivity contribution in [1.29, 1.82) is 0 Å². The van der Waals surface area contributed by atoms with E-state index < -0.39 is 5.97 Å². The molecule has 0 amide bonds. The number of carboxylic acids is 1. The molecule has 15 heavy (non-hydrogen) atoms. The molecular weight excluding hydrogens is 194 g/mol. The second kappa shape index (κ2) is 4.00. The molecule has 1 aliphatic rings. The van der Waals surface area contributed by atoms with E-state index in [-0.39, 0.29) is 12.3 Å². The number of fused-ring (bicyclic) bond motifs is 1. The number of aliphatic carboxylic acids is 1. The van der Waals surface area contributed by atoms with Gasteiger partial charge in [-0.1, -0.05) is 6.92 Å². The minimum Gasteiger partial charge on any atom is -0.481 e. The number of rotatable bonds is 3. The summed E-state index contributed by atoms with van der Waals surface area (Å²) in [6.07, 6.45) is 2.88. The quantitative estimate of drug-likeness (QED) is 0.812. The summed E-state index contributed by atoms with van der Waals surface area (Å²) in [6.45, 7) is 2.88. The van der Waals surface area contributed by atoms with Gasteiger partial charge in [-0.15, -0.1) is 0 Å². The summed E-state index contributed by atoms with van der Waals surface area (Å²) in [5, 5.41) is 13.1. The minimum atomic E-state index is -0.755. The van der Waals surface area contributed by atoms with Gasteiger partial charge in [0.2, 0.25) is 0 Å². The van der Waals surface area contributed by atoms with E-state index in [1.807, 2.05) is 11.6 Å². The summed E-state index contributed by atoms with van der Waals surface area (Å²) in [5.74, 6) is 0.973. The minimum absolute atomic E-state index is 0.0454. The van der Waals surface area contributed by atoms with E-state index in [0.717, 1.165) is 37.5 Å². The van der Waals surface area contributed by atoms with Gasteiger partial charge < -0.3 is 5.11 Å². The summed E-state index contributed by atoms with van der Waals surface area (Å²) in [6, 6.07) is 0. The second-order valence-corrected chi connectivity index (χ2v) is 3.90. The maximum atomic E-state index is 10.7. The standard InChI is InChI=1S/C10H15N3O2/c1-2-8-11-10-7(6-9(14)15)4-3-5-13(10)12-8/h7H,2-6H2,1H3,(H,14,15). The highest BCUT2D eigenvalue weighted by Crippen LogP contribution is 2.28. The molecule has 1 atom stereocenters. The van der Waals surface area contributed by atoms with Crippen LogP contribution in [0.2, 0.25) is 0 Å². The van der Waals surface area contributed by atoms with Crippen LogP contribution in [0, 0.1) is 0 Å². The zero-order chi connectivity index (χ0) is 10.8. The van der Waals surface area contributed by atoms with E-state index in [0.29, 0.717) is 0 Å². The van der Waals surface area contributed by atoms with Gasteiger partial charge in [-0.05, 0) is 12.8 Å². The molecule has 0 aliphatic carbocycles. The molecule has 1 unspecified atom stereocenters. The van der Waals surface area contributed by atoms with E-state index in [9.17, 15) is 4.79 Å². The Kier molecular flexibility index (Phi) is 2.70. The average Bonchev–Trinajstić information content (AvgIpc) is 2.61. The van der Waals surface area contributed by atoms with Crippen molar-refractivity contribution in [3.63, 3.8) is 0 Å². The van der Waals surface area contributed by atoms with Crippen LogP contribution < -0.4 is 0 Å². The average molecular weight is 209 g/mol. The molecule has 0 saturated heterocycles. The lowest BCUT2D eigenvalue weighted by atomic mass is 9.96. The number of hydrogen-bond acceptors (Lipinski definition) is 3. The summed E-state index contributed by atoms with van der Waals surface area (Å²) < 4.78 is 1.87. The number of carbonyl (C=O) groups is 1. The fourth-order valence-corrected chi connectivity index (χ4v) is 2.04. The fourth-order valence-electron chi connectivity index (χ4n) is 2.04. The molecule has 5 nitrogen and oxygen atoms in total. The number of hydrogen-bond donors (Lipinski definition) is 1. The molecule has 0 radical (unpaired) electrons. The maximum absolute atomic E-state index is 10.7. The molecule has 0 aromatic carbocycles. The van der Waals surface area contributed by atoms with E-state index in [2.05, 4.69) is 10.1 Å². The number of carboxylic acid groups (broad SMARTS) is 1. The highest BCUT2D eigenvalue weighted by Gasteiger charge is 2.25. The molecule has 1 aromatic rings. The molecule has 0 bridgehead atoms. The zero-order valence-electron chi connectivity index (χ0n) is 8.81.